The van der Waals surface area contributed by atoms with Crippen LogP contribution >= 0.6 is 22.9 Å². The van der Waals surface area contributed by atoms with Crippen molar-refractivity contribution < 1.29 is 9.59 Å². The fourth-order valence-corrected chi connectivity index (χ4v) is 4.36. The molecule has 3 amide bonds. The number of benzene rings is 2. The molecule has 1 saturated heterocycles. The maximum atomic E-state index is 12.7. The van der Waals surface area contributed by atoms with Gasteiger partial charge in [-0.05, 0) is 37.1 Å². The summed E-state index contributed by atoms with van der Waals surface area (Å²) in [7, 11) is 0. The van der Waals surface area contributed by atoms with Crippen LogP contribution in [0.3, 0.4) is 0 Å². The number of halogens is 1. The summed E-state index contributed by atoms with van der Waals surface area (Å²) in [6, 6.07) is 16.2. The number of urea groups is 1. The van der Waals surface area contributed by atoms with Crippen molar-refractivity contribution in [1.29, 1.82) is 0 Å². The molecule has 3 aromatic rings. The number of carbonyl (C=O) groups excluding carboxylic acids is 2. The Kier molecular flexibility index (Phi) is 6.25. The highest BCUT2D eigenvalue weighted by molar-refractivity contribution is 7.13. The fourth-order valence-electron chi connectivity index (χ4n) is 3.32. The van der Waals surface area contributed by atoms with Crippen molar-refractivity contribution in [3.63, 3.8) is 0 Å². The predicted octanol–water partition coefficient (Wildman–Crippen LogP) is 4.86. The number of para-hydroxylation sites is 2. The van der Waals surface area contributed by atoms with E-state index in [2.05, 4.69) is 20.8 Å². The lowest BCUT2D eigenvalue weighted by molar-refractivity contribution is 0.102. The largest absolute Gasteiger partial charge is 0.324 e. The molecule has 4 rings (SSSR count). The number of carbonyl (C=O) groups is 2. The minimum absolute atomic E-state index is 0.0477. The number of hydrogen-bond donors (Lipinski definition) is 2. The molecule has 1 aliphatic rings. The molecule has 0 spiro atoms. The number of piperidine rings is 1. The second kappa shape index (κ2) is 9.23. The van der Waals surface area contributed by atoms with Crippen LogP contribution in [0.2, 0.25) is 5.02 Å². The van der Waals surface area contributed by atoms with E-state index in [4.69, 9.17) is 11.6 Å². The second-order valence-electron chi connectivity index (χ2n) is 6.96. The first-order valence-electron chi connectivity index (χ1n) is 9.60. The van der Waals surface area contributed by atoms with Gasteiger partial charge in [0, 0.05) is 24.7 Å². The molecule has 0 aliphatic carbocycles. The number of likely N-dealkylation sites (tertiary alicyclic amines) is 1. The van der Waals surface area contributed by atoms with E-state index in [1.54, 1.807) is 17.0 Å². The Hall–Kier alpha value is -2.97. The summed E-state index contributed by atoms with van der Waals surface area (Å²) in [6.45, 7) is 1.18. The van der Waals surface area contributed by atoms with Crippen LogP contribution in [0.15, 0.2) is 54.6 Å². The molecule has 7 nitrogen and oxygen atoms in total. The van der Waals surface area contributed by atoms with Crippen molar-refractivity contribution in [3.8, 4) is 0 Å². The molecular weight excluding hydrogens is 422 g/mol. The van der Waals surface area contributed by atoms with Crippen LogP contribution in [0.25, 0.3) is 0 Å². The highest BCUT2D eigenvalue weighted by atomic mass is 35.5. The summed E-state index contributed by atoms with van der Waals surface area (Å²) in [5, 5.41) is 15.5. The van der Waals surface area contributed by atoms with E-state index < -0.39 is 0 Å². The van der Waals surface area contributed by atoms with Gasteiger partial charge in [-0.1, -0.05) is 53.3 Å². The second-order valence-corrected chi connectivity index (χ2v) is 8.38. The Balaban J connectivity index is 1.39. The van der Waals surface area contributed by atoms with Gasteiger partial charge in [-0.2, -0.15) is 0 Å². The number of nitrogens with one attached hydrogen (secondary N) is 2. The van der Waals surface area contributed by atoms with Crippen LogP contribution in [0.4, 0.5) is 16.2 Å². The first-order valence-corrected chi connectivity index (χ1v) is 10.8. The lowest BCUT2D eigenvalue weighted by Gasteiger charge is -2.31. The first-order chi connectivity index (χ1) is 14.6. The highest BCUT2D eigenvalue weighted by Crippen LogP contribution is 2.30. The third-order valence-electron chi connectivity index (χ3n) is 4.84. The zero-order valence-electron chi connectivity index (χ0n) is 16.0. The zero-order valence-corrected chi connectivity index (χ0v) is 17.6. The van der Waals surface area contributed by atoms with E-state index in [1.807, 2.05) is 42.5 Å². The molecular formula is C21H20ClN5O2S. The topological polar surface area (TPSA) is 87.2 Å². The summed E-state index contributed by atoms with van der Waals surface area (Å²) in [4.78, 5) is 26.9. The minimum atomic E-state index is -0.283. The van der Waals surface area contributed by atoms with Gasteiger partial charge in [0.1, 0.15) is 5.01 Å². The summed E-state index contributed by atoms with van der Waals surface area (Å²) in [6.07, 6.45) is 1.75. The van der Waals surface area contributed by atoms with Crippen LogP contribution in [0.1, 0.15) is 33.6 Å². The van der Waals surface area contributed by atoms with Crippen molar-refractivity contribution in [1.82, 2.24) is 15.1 Å². The lowest BCUT2D eigenvalue weighted by atomic mass is 9.99. The number of anilines is 2. The number of nitrogens with zero attached hydrogens (tertiary/aromatic N) is 3. The van der Waals surface area contributed by atoms with E-state index in [1.165, 1.54) is 11.3 Å². The van der Waals surface area contributed by atoms with Gasteiger partial charge in [0.05, 0.1) is 10.7 Å². The summed E-state index contributed by atoms with van der Waals surface area (Å²) in [5.41, 5.74) is 1.29. The van der Waals surface area contributed by atoms with Gasteiger partial charge in [-0.25, -0.2) is 4.79 Å². The normalized spacial score (nSPS) is 16.2. The summed E-state index contributed by atoms with van der Waals surface area (Å²) in [5.74, 6) is -0.236. The van der Waals surface area contributed by atoms with Gasteiger partial charge in [-0.3, -0.25) is 4.79 Å². The Morgan fingerprint density at radius 1 is 1.03 bits per heavy atom. The van der Waals surface area contributed by atoms with Crippen LogP contribution in [-0.2, 0) is 0 Å². The number of aromatic nitrogens is 2. The van der Waals surface area contributed by atoms with Gasteiger partial charge in [0.2, 0.25) is 5.01 Å². The number of amides is 3. The number of hydrogen-bond acceptors (Lipinski definition) is 5. The molecule has 2 aromatic carbocycles. The molecule has 154 valence electrons. The average Bonchev–Trinajstić information content (AvgIpc) is 3.27. The van der Waals surface area contributed by atoms with Crippen molar-refractivity contribution in [3.05, 3.63) is 69.6 Å². The summed E-state index contributed by atoms with van der Waals surface area (Å²) >= 11 is 7.41. The predicted molar refractivity (Wildman–Crippen MR) is 118 cm³/mol. The lowest BCUT2D eigenvalue weighted by Crippen LogP contribution is -2.41. The van der Waals surface area contributed by atoms with E-state index in [-0.39, 0.29) is 17.9 Å². The maximum Gasteiger partial charge on any atom is 0.321 e. The summed E-state index contributed by atoms with van der Waals surface area (Å²) < 4.78 is 0. The Bertz CT molecular complexity index is 1040. The standard InChI is InChI=1S/C21H20ClN5O2S/c22-16-10-4-5-11-17(16)24-21(29)27-12-6-7-14(13-27)19-25-26-20(30-19)18(28)23-15-8-2-1-3-9-15/h1-5,8-11,14H,6-7,12-13H2,(H,23,28)(H,24,29). The Morgan fingerprint density at radius 3 is 2.60 bits per heavy atom. The van der Waals surface area contributed by atoms with Crippen LogP contribution < -0.4 is 10.6 Å². The quantitative estimate of drug-likeness (QED) is 0.605. The van der Waals surface area contributed by atoms with E-state index in [9.17, 15) is 9.59 Å². The van der Waals surface area contributed by atoms with E-state index in [0.717, 1.165) is 17.8 Å². The van der Waals surface area contributed by atoms with E-state index >= 15 is 0 Å². The molecule has 9 heteroatoms. The highest BCUT2D eigenvalue weighted by Gasteiger charge is 2.28. The third kappa shape index (κ3) is 4.77. The van der Waals surface area contributed by atoms with Gasteiger partial charge < -0.3 is 15.5 Å². The molecule has 0 bridgehead atoms. The Morgan fingerprint density at radius 2 is 1.80 bits per heavy atom. The molecule has 1 aliphatic heterocycles. The van der Waals surface area contributed by atoms with Crippen molar-refractivity contribution >= 4 is 46.3 Å². The van der Waals surface area contributed by atoms with Crippen LogP contribution in [0, 0.1) is 0 Å². The molecule has 1 fully saturated rings. The van der Waals surface area contributed by atoms with Crippen LogP contribution in [0.5, 0.6) is 0 Å². The van der Waals surface area contributed by atoms with Gasteiger partial charge >= 0.3 is 6.03 Å². The van der Waals surface area contributed by atoms with Crippen molar-refractivity contribution in [2.24, 2.45) is 0 Å². The van der Waals surface area contributed by atoms with Gasteiger partial charge in [0.15, 0.2) is 0 Å². The van der Waals surface area contributed by atoms with Crippen molar-refractivity contribution in [2.75, 3.05) is 23.7 Å². The molecule has 2 heterocycles. The monoisotopic (exact) mass is 441 g/mol. The SMILES string of the molecule is O=C(Nc1ccccc1)c1nnc(C2CCCN(C(=O)Nc3ccccc3Cl)C2)s1. The molecule has 0 radical (unpaired) electrons. The van der Waals surface area contributed by atoms with E-state index in [0.29, 0.717) is 34.5 Å². The van der Waals surface area contributed by atoms with Crippen LogP contribution in [-0.4, -0.2) is 40.1 Å². The molecule has 1 atom stereocenters. The third-order valence-corrected chi connectivity index (χ3v) is 6.25. The number of rotatable bonds is 4. The van der Waals surface area contributed by atoms with Gasteiger partial charge in [-0.15, -0.1) is 10.2 Å². The molecule has 1 unspecified atom stereocenters. The molecule has 30 heavy (non-hydrogen) atoms. The van der Waals surface area contributed by atoms with Crippen molar-refractivity contribution in [2.45, 2.75) is 18.8 Å². The molecule has 0 saturated carbocycles. The smallest absolute Gasteiger partial charge is 0.321 e. The fraction of sp³-hybridized carbons (Fsp3) is 0.238. The Labute approximate surface area is 183 Å². The minimum Gasteiger partial charge on any atom is -0.324 e. The van der Waals surface area contributed by atoms with Gasteiger partial charge in [0.25, 0.3) is 5.91 Å². The first kappa shape index (κ1) is 20.3. The zero-order chi connectivity index (χ0) is 20.9. The average molecular weight is 442 g/mol. The maximum absolute atomic E-state index is 12.7. The molecule has 2 N–H and O–H groups in total. The molecule has 1 aromatic heterocycles.